The summed E-state index contributed by atoms with van der Waals surface area (Å²) in [5, 5.41) is 23.9. The lowest BCUT2D eigenvalue weighted by Crippen LogP contribution is -2.44. The van der Waals surface area contributed by atoms with Gasteiger partial charge in [-0.1, -0.05) is 18.5 Å². The zero-order chi connectivity index (χ0) is 26.8. The van der Waals surface area contributed by atoms with Crippen LogP contribution >= 0.6 is 11.6 Å². The number of esters is 1. The minimum atomic E-state index is -1.98. The largest absolute Gasteiger partial charge is 0.458 e. The molecular formula is C26H25ClFN3O6. The number of amides is 1. The standard InChI is InChI=1S/C26H25ClFN3O6/c1-4-26(36)16-7-20-23-14(9-31(20)24(34)15(16)10-37-25(26)35)22(12(3)29-21(33)5-11(2)32)13-6-17(27)18(28)8-19(13)30-23/h6-8,11-12,32,36H,4-5,9-10H2,1-3H3,(H,29,33)/t11-,12-,26-/m0/s1. The molecule has 3 aromatic rings. The molecule has 37 heavy (non-hydrogen) atoms. The van der Waals surface area contributed by atoms with Crippen LogP contribution in [0.4, 0.5) is 4.39 Å². The van der Waals surface area contributed by atoms with E-state index in [0.717, 1.165) is 0 Å². The van der Waals surface area contributed by atoms with Gasteiger partial charge < -0.3 is 24.8 Å². The molecule has 1 aromatic carbocycles. The molecule has 3 atom stereocenters. The number of benzene rings is 1. The number of halogens is 2. The van der Waals surface area contributed by atoms with Crippen molar-refractivity contribution in [2.24, 2.45) is 0 Å². The van der Waals surface area contributed by atoms with E-state index in [1.54, 1.807) is 19.9 Å². The van der Waals surface area contributed by atoms with E-state index in [0.29, 0.717) is 27.9 Å². The van der Waals surface area contributed by atoms with Crippen molar-refractivity contribution in [1.82, 2.24) is 14.9 Å². The van der Waals surface area contributed by atoms with E-state index in [4.69, 9.17) is 16.3 Å². The number of pyridine rings is 2. The Labute approximate surface area is 215 Å². The number of carbonyl (C=O) groups excluding carboxylic acids is 2. The quantitative estimate of drug-likeness (QED) is 0.339. The smallest absolute Gasteiger partial charge is 0.343 e. The van der Waals surface area contributed by atoms with Gasteiger partial charge in [-0.05, 0) is 38.0 Å². The number of carbonyl (C=O) groups is 2. The van der Waals surface area contributed by atoms with Crippen LogP contribution in [0.1, 0.15) is 61.9 Å². The molecule has 5 rings (SSSR count). The van der Waals surface area contributed by atoms with Crippen molar-refractivity contribution in [3.05, 3.63) is 61.6 Å². The molecule has 0 saturated carbocycles. The maximum atomic E-state index is 14.5. The summed E-state index contributed by atoms with van der Waals surface area (Å²) in [7, 11) is 0. The molecule has 1 amide bonds. The molecule has 0 fully saturated rings. The van der Waals surface area contributed by atoms with Crippen molar-refractivity contribution in [3.8, 4) is 11.4 Å². The van der Waals surface area contributed by atoms with Crippen LogP contribution in [0.3, 0.4) is 0 Å². The third-order valence-corrected chi connectivity index (χ3v) is 7.35. The fourth-order valence-electron chi connectivity index (χ4n) is 5.24. The van der Waals surface area contributed by atoms with E-state index in [9.17, 15) is 29.0 Å². The molecule has 0 radical (unpaired) electrons. The Kier molecular flexibility index (Phi) is 6.09. The third-order valence-electron chi connectivity index (χ3n) is 7.06. The average Bonchev–Trinajstić information content (AvgIpc) is 3.19. The third kappa shape index (κ3) is 3.91. The molecule has 0 bridgehead atoms. The second-order valence-electron chi connectivity index (χ2n) is 9.58. The van der Waals surface area contributed by atoms with Crippen molar-refractivity contribution in [2.45, 2.75) is 64.5 Å². The number of ether oxygens (including phenoxy) is 1. The fraction of sp³-hybridized carbons (Fsp3) is 0.385. The van der Waals surface area contributed by atoms with Gasteiger partial charge in [0.15, 0.2) is 5.60 Å². The summed E-state index contributed by atoms with van der Waals surface area (Å²) in [4.78, 5) is 43.1. The first-order valence-electron chi connectivity index (χ1n) is 11.9. The monoisotopic (exact) mass is 529 g/mol. The van der Waals surface area contributed by atoms with Gasteiger partial charge in [0.2, 0.25) is 5.91 Å². The lowest BCUT2D eigenvalue weighted by Gasteiger charge is -2.31. The summed E-state index contributed by atoms with van der Waals surface area (Å²) >= 11 is 6.10. The predicted molar refractivity (Wildman–Crippen MR) is 132 cm³/mol. The second kappa shape index (κ2) is 8.90. The Morgan fingerprint density at radius 2 is 2.03 bits per heavy atom. The Morgan fingerprint density at radius 3 is 2.70 bits per heavy atom. The molecule has 194 valence electrons. The normalized spacial score (nSPS) is 19.6. The van der Waals surface area contributed by atoms with E-state index in [-0.39, 0.29) is 53.6 Å². The highest BCUT2D eigenvalue weighted by molar-refractivity contribution is 6.31. The van der Waals surface area contributed by atoms with E-state index < -0.39 is 35.1 Å². The molecule has 11 heteroatoms. The van der Waals surface area contributed by atoms with Crippen LogP contribution in [0.2, 0.25) is 5.02 Å². The maximum Gasteiger partial charge on any atom is 0.343 e. The molecule has 9 nitrogen and oxygen atoms in total. The minimum Gasteiger partial charge on any atom is -0.458 e. The number of nitrogens with one attached hydrogen (secondary N) is 1. The first-order valence-corrected chi connectivity index (χ1v) is 12.3. The number of aliphatic hydroxyl groups excluding tert-OH is 1. The van der Waals surface area contributed by atoms with E-state index >= 15 is 0 Å². The van der Waals surface area contributed by atoms with Gasteiger partial charge in [0.1, 0.15) is 12.4 Å². The second-order valence-corrected chi connectivity index (χ2v) is 9.99. The lowest BCUT2D eigenvalue weighted by molar-refractivity contribution is -0.172. The molecule has 0 spiro atoms. The predicted octanol–water partition coefficient (Wildman–Crippen LogP) is 2.82. The van der Waals surface area contributed by atoms with Gasteiger partial charge in [0, 0.05) is 22.6 Å². The summed E-state index contributed by atoms with van der Waals surface area (Å²) in [5.41, 5.74) is 0.141. The SMILES string of the molecule is CC[C@@]1(O)C(=O)OCc2c1cc1n(c2=O)Cc2c-1nc1cc(F)c(Cl)cc1c2[C@H](C)NC(=O)C[C@H](C)O. The first kappa shape index (κ1) is 25.3. The van der Waals surface area contributed by atoms with Crippen molar-refractivity contribution >= 4 is 34.4 Å². The van der Waals surface area contributed by atoms with Crippen molar-refractivity contribution in [3.63, 3.8) is 0 Å². The zero-order valence-electron chi connectivity index (χ0n) is 20.4. The number of aromatic nitrogens is 2. The molecular weight excluding hydrogens is 505 g/mol. The van der Waals surface area contributed by atoms with E-state index in [1.807, 2.05) is 0 Å². The van der Waals surface area contributed by atoms with Crippen molar-refractivity contribution < 1.29 is 28.9 Å². The van der Waals surface area contributed by atoms with Crippen LogP contribution in [0, 0.1) is 5.82 Å². The van der Waals surface area contributed by atoms with E-state index in [2.05, 4.69) is 10.3 Å². The Bertz CT molecular complexity index is 1550. The summed E-state index contributed by atoms with van der Waals surface area (Å²) < 4.78 is 21.0. The summed E-state index contributed by atoms with van der Waals surface area (Å²) in [6.07, 6.45) is -0.950. The number of cyclic esters (lactones) is 1. The Morgan fingerprint density at radius 1 is 1.30 bits per heavy atom. The lowest BCUT2D eigenvalue weighted by atomic mass is 9.86. The van der Waals surface area contributed by atoms with Crippen LogP contribution in [-0.4, -0.2) is 37.7 Å². The van der Waals surface area contributed by atoms with Crippen LogP contribution in [0.25, 0.3) is 22.3 Å². The van der Waals surface area contributed by atoms with Gasteiger partial charge >= 0.3 is 5.97 Å². The molecule has 2 aliphatic rings. The summed E-state index contributed by atoms with van der Waals surface area (Å²) in [6.45, 7) is 4.69. The van der Waals surface area contributed by atoms with Crippen molar-refractivity contribution in [1.29, 1.82) is 0 Å². The highest BCUT2D eigenvalue weighted by Crippen LogP contribution is 2.42. The Hall–Kier alpha value is -3.34. The summed E-state index contributed by atoms with van der Waals surface area (Å²) in [6, 6.07) is 3.58. The van der Waals surface area contributed by atoms with Gasteiger partial charge in [-0.25, -0.2) is 14.2 Å². The molecule has 0 aliphatic carbocycles. The maximum absolute atomic E-state index is 14.5. The molecule has 4 heterocycles. The topological polar surface area (TPSA) is 131 Å². The summed E-state index contributed by atoms with van der Waals surface area (Å²) in [5.74, 6) is -1.90. The first-order chi connectivity index (χ1) is 17.5. The molecule has 0 saturated heterocycles. The zero-order valence-corrected chi connectivity index (χ0v) is 21.1. The van der Waals surface area contributed by atoms with Crippen LogP contribution in [-0.2, 0) is 33.1 Å². The van der Waals surface area contributed by atoms with Gasteiger partial charge in [-0.2, -0.15) is 0 Å². The van der Waals surface area contributed by atoms with Crippen molar-refractivity contribution in [2.75, 3.05) is 0 Å². The van der Waals surface area contributed by atoms with E-state index in [1.165, 1.54) is 23.6 Å². The Balaban J connectivity index is 1.76. The van der Waals surface area contributed by atoms with Gasteiger partial charge in [0.25, 0.3) is 5.56 Å². The number of rotatable bonds is 5. The van der Waals surface area contributed by atoms with Crippen LogP contribution in [0.5, 0.6) is 0 Å². The van der Waals surface area contributed by atoms with Gasteiger partial charge in [-0.15, -0.1) is 0 Å². The number of nitrogens with zero attached hydrogens (tertiary/aromatic N) is 2. The minimum absolute atomic E-state index is 0.00103. The molecule has 3 N–H and O–H groups in total. The number of aliphatic hydroxyl groups is 2. The fourth-order valence-corrected chi connectivity index (χ4v) is 5.40. The van der Waals surface area contributed by atoms with Gasteiger partial charge in [0.05, 0.1) is 52.6 Å². The molecule has 2 aliphatic heterocycles. The molecule has 2 aromatic heterocycles. The molecule has 0 unspecified atom stereocenters. The highest BCUT2D eigenvalue weighted by atomic mass is 35.5. The number of hydrogen-bond donors (Lipinski definition) is 3. The van der Waals surface area contributed by atoms with Gasteiger partial charge in [-0.3, -0.25) is 9.59 Å². The average molecular weight is 530 g/mol. The van der Waals surface area contributed by atoms with Crippen LogP contribution < -0.4 is 10.9 Å². The highest BCUT2D eigenvalue weighted by Gasteiger charge is 2.45. The van der Waals surface area contributed by atoms with Crippen LogP contribution in [0.15, 0.2) is 23.0 Å². The number of fused-ring (bicyclic) bond motifs is 5. The number of hydrogen-bond acceptors (Lipinski definition) is 7.